The van der Waals surface area contributed by atoms with Crippen molar-refractivity contribution < 1.29 is 4.79 Å². The van der Waals surface area contributed by atoms with Crippen LogP contribution < -0.4 is 5.32 Å². The normalized spacial score (nSPS) is 12.1. The van der Waals surface area contributed by atoms with Gasteiger partial charge in [-0.2, -0.15) is 0 Å². The largest absolute Gasteiger partial charge is 0.310 e. The molecule has 1 atom stereocenters. The quantitative estimate of drug-likeness (QED) is 0.868. The van der Waals surface area contributed by atoms with Crippen molar-refractivity contribution in [2.45, 2.75) is 25.8 Å². The number of ketones is 1. The van der Waals surface area contributed by atoms with Crippen molar-refractivity contribution in [3.8, 4) is 11.1 Å². The molecule has 0 bridgehead atoms. The average Bonchev–Trinajstić information content (AvgIpc) is 2.53. The molecular weight excluding hydrogens is 246 g/mol. The monoisotopic (exact) mass is 267 g/mol. The lowest BCUT2D eigenvalue weighted by Gasteiger charge is -2.14. The molecular formula is C18H21NO. The second-order valence-corrected chi connectivity index (χ2v) is 4.93. The molecule has 0 aromatic heterocycles. The van der Waals surface area contributed by atoms with Crippen LogP contribution in [0.5, 0.6) is 0 Å². The minimum Gasteiger partial charge on any atom is -0.310 e. The van der Waals surface area contributed by atoms with Gasteiger partial charge in [0.15, 0.2) is 0 Å². The lowest BCUT2D eigenvalue weighted by Crippen LogP contribution is -2.35. The van der Waals surface area contributed by atoms with Gasteiger partial charge < -0.3 is 5.32 Å². The van der Waals surface area contributed by atoms with Gasteiger partial charge in [0.25, 0.3) is 0 Å². The Morgan fingerprint density at radius 1 is 1.00 bits per heavy atom. The highest BCUT2D eigenvalue weighted by atomic mass is 16.1. The van der Waals surface area contributed by atoms with E-state index in [-0.39, 0.29) is 11.8 Å². The smallest absolute Gasteiger partial charge is 0.149 e. The maximum Gasteiger partial charge on any atom is 0.149 e. The van der Waals surface area contributed by atoms with Gasteiger partial charge in [-0.1, -0.05) is 61.5 Å². The molecule has 0 unspecified atom stereocenters. The highest BCUT2D eigenvalue weighted by Crippen LogP contribution is 2.19. The summed E-state index contributed by atoms with van der Waals surface area (Å²) in [7, 11) is 1.84. The van der Waals surface area contributed by atoms with Gasteiger partial charge in [-0.3, -0.25) is 4.79 Å². The van der Waals surface area contributed by atoms with Crippen LogP contribution in [-0.4, -0.2) is 18.9 Å². The molecule has 104 valence electrons. The van der Waals surface area contributed by atoms with Gasteiger partial charge in [0.2, 0.25) is 0 Å². The lowest BCUT2D eigenvalue weighted by atomic mass is 9.98. The number of likely N-dealkylation sites (N-methyl/N-ethyl adjacent to an activating group) is 1. The van der Waals surface area contributed by atoms with Crippen molar-refractivity contribution in [1.29, 1.82) is 0 Å². The molecule has 0 aliphatic heterocycles. The Kier molecular flexibility index (Phi) is 5.08. The fraction of sp³-hybridized carbons (Fsp3) is 0.278. The van der Waals surface area contributed by atoms with E-state index in [9.17, 15) is 4.79 Å². The first-order chi connectivity index (χ1) is 9.74. The van der Waals surface area contributed by atoms with Crippen LogP contribution in [0.3, 0.4) is 0 Å². The van der Waals surface area contributed by atoms with Crippen molar-refractivity contribution >= 4 is 5.78 Å². The molecule has 2 nitrogen and oxygen atoms in total. The maximum absolute atomic E-state index is 11.8. The van der Waals surface area contributed by atoms with E-state index in [1.807, 2.05) is 32.2 Å². The second-order valence-electron chi connectivity index (χ2n) is 4.93. The summed E-state index contributed by atoms with van der Waals surface area (Å²) in [6.45, 7) is 1.91. The Labute approximate surface area is 120 Å². The third-order valence-electron chi connectivity index (χ3n) is 3.59. The molecule has 0 radical (unpaired) electrons. The maximum atomic E-state index is 11.8. The fourth-order valence-corrected chi connectivity index (χ4v) is 2.32. The fourth-order valence-electron chi connectivity index (χ4n) is 2.32. The zero-order valence-electron chi connectivity index (χ0n) is 12.1. The Balaban J connectivity index is 2.10. The molecule has 0 amide bonds. The van der Waals surface area contributed by atoms with E-state index in [2.05, 4.69) is 41.7 Å². The molecule has 0 spiro atoms. The van der Waals surface area contributed by atoms with E-state index in [0.29, 0.717) is 6.42 Å². The number of carbonyl (C=O) groups is 1. The number of Topliss-reactive ketones (excluding diaryl/α,β-unsaturated/α-hetero) is 1. The summed E-state index contributed by atoms with van der Waals surface area (Å²) < 4.78 is 0. The third-order valence-corrected chi connectivity index (χ3v) is 3.59. The van der Waals surface area contributed by atoms with Gasteiger partial charge in [0.05, 0.1) is 6.04 Å². The number of nitrogens with one attached hydrogen (secondary N) is 1. The minimum atomic E-state index is -0.0809. The number of hydrogen-bond acceptors (Lipinski definition) is 2. The van der Waals surface area contributed by atoms with Crippen LogP contribution in [0.25, 0.3) is 11.1 Å². The van der Waals surface area contributed by atoms with Crippen LogP contribution in [0.4, 0.5) is 0 Å². The Morgan fingerprint density at radius 3 is 2.15 bits per heavy atom. The Bertz CT molecular complexity index is 545. The summed E-state index contributed by atoms with van der Waals surface area (Å²) in [6.07, 6.45) is 1.33. The van der Waals surface area contributed by atoms with Gasteiger partial charge in [-0.25, -0.2) is 0 Å². The second kappa shape index (κ2) is 7.01. The Morgan fingerprint density at radius 2 is 1.60 bits per heavy atom. The van der Waals surface area contributed by atoms with Crippen molar-refractivity contribution in [2.24, 2.45) is 0 Å². The molecule has 2 aromatic carbocycles. The summed E-state index contributed by atoms with van der Waals surface area (Å²) in [4.78, 5) is 11.8. The van der Waals surface area contributed by atoms with E-state index in [1.54, 1.807) is 0 Å². The van der Waals surface area contributed by atoms with Gasteiger partial charge in [0.1, 0.15) is 5.78 Å². The number of rotatable bonds is 6. The van der Waals surface area contributed by atoms with Crippen LogP contribution in [0, 0.1) is 0 Å². The van der Waals surface area contributed by atoms with Crippen LogP contribution in [0.2, 0.25) is 0 Å². The molecule has 0 saturated heterocycles. The van der Waals surface area contributed by atoms with Crippen molar-refractivity contribution in [2.75, 3.05) is 7.05 Å². The first kappa shape index (κ1) is 14.5. The van der Waals surface area contributed by atoms with Gasteiger partial charge in [-0.05, 0) is 30.2 Å². The molecule has 0 aliphatic carbocycles. The summed E-state index contributed by atoms with van der Waals surface area (Å²) in [6, 6.07) is 18.7. The van der Waals surface area contributed by atoms with E-state index < -0.39 is 0 Å². The average molecular weight is 267 g/mol. The first-order valence-corrected chi connectivity index (χ1v) is 7.09. The summed E-state index contributed by atoms with van der Waals surface area (Å²) in [5.74, 6) is 0.264. The predicted molar refractivity (Wildman–Crippen MR) is 83.7 cm³/mol. The van der Waals surface area contributed by atoms with Crippen LogP contribution in [-0.2, 0) is 11.2 Å². The lowest BCUT2D eigenvalue weighted by molar-refractivity contribution is -0.120. The predicted octanol–water partition coefficient (Wildman–Crippen LogP) is 3.46. The molecule has 20 heavy (non-hydrogen) atoms. The van der Waals surface area contributed by atoms with Crippen molar-refractivity contribution in [3.63, 3.8) is 0 Å². The molecule has 1 N–H and O–H groups in total. The zero-order chi connectivity index (χ0) is 14.4. The van der Waals surface area contributed by atoms with Gasteiger partial charge in [-0.15, -0.1) is 0 Å². The van der Waals surface area contributed by atoms with E-state index >= 15 is 0 Å². The highest BCUT2D eigenvalue weighted by Gasteiger charge is 2.14. The molecule has 2 rings (SSSR count). The summed E-state index contributed by atoms with van der Waals surface area (Å²) >= 11 is 0. The molecule has 2 aromatic rings. The van der Waals surface area contributed by atoms with Crippen LogP contribution in [0.1, 0.15) is 18.9 Å². The molecule has 0 fully saturated rings. The van der Waals surface area contributed by atoms with Crippen molar-refractivity contribution in [1.82, 2.24) is 5.32 Å². The molecule has 2 heteroatoms. The Hall–Kier alpha value is -1.93. The standard InChI is InChI=1S/C18H21NO/c1-3-18(20)17(19-2)13-14-9-11-16(12-10-14)15-7-5-4-6-8-15/h4-12,17,19H,3,13H2,1-2H3/t17-/m0/s1. The highest BCUT2D eigenvalue weighted by molar-refractivity contribution is 5.84. The van der Waals surface area contributed by atoms with Crippen LogP contribution >= 0.6 is 0 Å². The molecule has 0 aliphatic rings. The number of carbonyl (C=O) groups excluding carboxylic acids is 1. The van der Waals surface area contributed by atoms with Crippen molar-refractivity contribution in [3.05, 3.63) is 60.2 Å². The topological polar surface area (TPSA) is 29.1 Å². The van der Waals surface area contributed by atoms with E-state index in [0.717, 1.165) is 6.42 Å². The SMILES string of the molecule is CCC(=O)[C@H](Cc1ccc(-c2ccccc2)cc1)NC. The summed E-state index contributed by atoms with van der Waals surface area (Å²) in [5, 5.41) is 3.10. The van der Waals surface area contributed by atoms with Gasteiger partial charge in [0, 0.05) is 6.42 Å². The zero-order valence-corrected chi connectivity index (χ0v) is 12.1. The summed E-state index contributed by atoms with van der Waals surface area (Å²) in [5.41, 5.74) is 3.61. The number of benzene rings is 2. The van der Waals surface area contributed by atoms with E-state index in [4.69, 9.17) is 0 Å². The van der Waals surface area contributed by atoms with Crippen LogP contribution in [0.15, 0.2) is 54.6 Å². The molecule has 0 heterocycles. The third kappa shape index (κ3) is 3.55. The minimum absolute atomic E-state index is 0.0809. The number of hydrogen-bond donors (Lipinski definition) is 1. The molecule has 0 saturated carbocycles. The first-order valence-electron chi connectivity index (χ1n) is 7.09. The van der Waals surface area contributed by atoms with Gasteiger partial charge >= 0.3 is 0 Å². The van der Waals surface area contributed by atoms with E-state index in [1.165, 1.54) is 16.7 Å².